The number of rotatable bonds is 5. The van der Waals surface area contributed by atoms with E-state index in [0.717, 1.165) is 28.0 Å². The maximum atomic E-state index is 5.97. The fraction of sp³-hybridized carbons (Fsp3) is 0.0909. The van der Waals surface area contributed by atoms with Gasteiger partial charge in [0.25, 0.3) is 5.89 Å². The molecule has 0 unspecified atom stereocenters. The van der Waals surface area contributed by atoms with E-state index in [1.165, 1.54) is 0 Å². The molecule has 0 fully saturated rings. The average molecular weight is 342 g/mol. The summed E-state index contributed by atoms with van der Waals surface area (Å²) in [5.74, 6) is 1.82. The highest BCUT2D eigenvalue weighted by Gasteiger charge is 2.12. The lowest BCUT2D eigenvalue weighted by molar-refractivity contribution is 0.288. The number of nitrogens with zero attached hydrogens (tertiary/aromatic N) is 2. The van der Waals surface area contributed by atoms with Crippen molar-refractivity contribution in [2.45, 2.75) is 13.5 Å². The lowest BCUT2D eigenvalue weighted by atomic mass is 10.1. The van der Waals surface area contributed by atoms with E-state index in [1.54, 1.807) is 0 Å². The van der Waals surface area contributed by atoms with Gasteiger partial charge in [-0.15, -0.1) is 0 Å². The smallest absolute Gasteiger partial charge is 0.258 e. The van der Waals surface area contributed by atoms with E-state index >= 15 is 0 Å². The largest absolute Gasteiger partial charge is 0.485 e. The fourth-order valence-corrected chi connectivity index (χ4v) is 2.83. The van der Waals surface area contributed by atoms with Crippen molar-refractivity contribution in [3.8, 4) is 28.3 Å². The maximum absolute atomic E-state index is 5.97. The lowest BCUT2D eigenvalue weighted by Gasteiger charge is -2.10. The Bertz CT molecular complexity index is 1010. The zero-order valence-corrected chi connectivity index (χ0v) is 14.4. The first-order valence-electron chi connectivity index (χ1n) is 8.47. The zero-order valence-electron chi connectivity index (χ0n) is 14.4. The first-order valence-corrected chi connectivity index (χ1v) is 8.47. The summed E-state index contributed by atoms with van der Waals surface area (Å²) in [4.78, 5) is 4.46. The molecule has 4 nitrogen and oxygen atoms in total. The number of hydrogen-bond acceptors (Lipinski definition) is 4. The molecule has 0 N–H and O–H groups in total. The van der Waals surface area contributed by atoms with Gasteiger partial charge >= 0.3 is 0 Å². The average Bonchev–Trinajstić information content (AvgIpc) is 3.16. The molecule has 0 saturated carbocycles. The number of aromatic nitrogens is 2. The minimum atomic E-state index is 0.249. The van der Waals surface area contributed by atoms with Gasteiger partial charge in [-0.3, -0.25) is 0 Å². The van der Waals surface area contributed by atoms with Gasteiger partial charge in [-0.1, -0.05) is 71.9 Å². The molecule has 1 heterocycles. The quantitative estimate of drug-likeness (QED) is 0.494. The van der Waals surface area contributed by atoms with Crippen LogP contribution in [0, 0.1) is 6.92 Å². The van der Waals surface area contributed by atoms with Crippen LogP contribution in [0.1, 0.15) is 11.4 Å². The predicted molar refractivity (Wildman–Crippen MR) is 101 cm³/mol. The second-order valence-electron chi connectivity index (χ2n) is 5.98. The van der Waals surface area contributed by atoms with Crippen LogP contribution >= 0.6 is 0 Å². The van der Waals surface area contributed by atoms with Gasteiger partial charge < -0.3 is 9.26 Å². The molecule has 3 aromatic carbocycles. The SMILES string of the molecule is Cc1ccccc1-c1nc(COc2ccccc2-c2ccccc2)no1. The fourth-order valence-electron chi connectivity index (χ4n) is 2.83. The van der Waals surface area contributed by atoms with Crippen molar-refractivity contribution >= 4 is 0 Å². The summed E-state index contributed by atoms with van der Waals surface area (Å²) in [5, 5.41) is 4.04. The van der Waals surface area contributed by atoms with Crippen molar-refractivity contribution in [1.82, 2.24) is 10.1 Å². The van der Waals surface area contributed by atoms with Crippen molar-refractivity contribution in [2.24, 2.45) is 0 Å². The summed E-state index contributed by atoms with van der Waals surface area (Å²) in [5.41, 5.74) is 4.18. The number of aryl methyl sites for hydroxylation is 1. The standard InChI is InChI=1S/C22H18N2O2/c1-16-9-5-6-12-18(16)22-23-21(24-26-22)15-25-20-14-8-7-13-19(20)17-10-3-2-4-11-17/h2-14H,15H2,1H3. The molecule has 0 bridgehead atoms. The first kappa shape index (κ1) is 16.1. The normalized spacial score (nSPS) is 10.7. The van der Waals surface area contributed by atoms with Crippen LogP contribution in [-0.2, 0) is 6.61 Å². The van der Waals surface area contributed by atoms with Gasteiger partial charge in [-0.25, -0.2) is 0 Å². The van der Waals surface area contributed by atoms with E-state index in [-0.39, 0.29) is 6.61 Å². The Labute approximate surface area is 152 Å². The molecule has 0 radical (unpaired) electrons. The van der Waals surface area contributed by atoms with Crippen molar-refractivity contribution in [1.29, 1.82) is 0 Å². The van der Waals surface area contributed by atoms with Crippen LogP contribution in [0.25, 0.3) is 22.6 Å². The molecule has 4 aromatic rings. The molecule has 4 rings (SSSR count). The van der Waals surface area contributed by atoms with E-state index in [4.69, 9.17) is 9.26 Å². The number of para-hydroxylation sites is 1. The molecule has 0 spiro atoms. The van der Waals surface area contributed by atoms with E-state index in [0.29, 0.717) is 11.7 Å². The van der Waals surface area contributed by atoms with Gasteiger partial charge in [-0.05, 0) is 30.2 Å². The summed E-state index contributed by atoms with van der Waals surface area (Å²) in [6.45, 7) is 2.27. The molecule has 1 aromatic heterocycles. The number of hydrogen-bond donors (Lipinski definition) is 0. The van der Waals surface area contributed by atoms with E-state index in [1.807, 2.05) is 73.7 Å². The van der Waals surface area contributed by atoms with Crippen LogP contribution in [0.5, 0.6) is 5.75 Å². The summed E-state index contributed by atoms with van der Waals surface area (Å²) < 4.78 is 11.4. The van der Waals surface area contributed by atoms with Crippen LogP contribution in [0.15, 0.2) is 83.4 Å². The van der Waals surface area contributed by atoms with Crippen molar-refractivity contribution in [3.63, 3.8) is 0 Å². The first-order chi connectivity index (χ1) is 12.8. The molecule has 0 saturated heterocycles. The van der Waals surface area contributed by atoms with Crippen LogP contribution in [0.3, 0.4) is 0 Å². The Hall–Kier alpha value is -3.40. The summed E-state index contributed by atoms with van der Waals surface area (Å²) >= 11 is 0. The molecular formula is C22H18N2O2. The second-order valence-corrected chi connectivity index (χ2v) is 5.98. The minimum Gasteiger partial charge on any atom is -0.485 e. The Balaban J connectivity index is 1.53. The monoisotopic (exact) mass is 342 g/mol. The molecule has 0 aliphatic heterocycles. The maximum Gasteiger partial charge on any atom is 0.258 e. The van der Waals surface area contributed by atoms with Gasteiger partial charge in [0.05, 0.1) is 0 Å². The van der Waals surface area contributed by atoms with E-state index < -0.39 is 0 Å². The third-order valence-electron chi connectivity index (χ3n) is 4.17. The summed E-state index contributed by atoms with van der Waals surface area (Å²) in [6.07, 6.45) is 0. The van der Waals surface area contributed by atoms with Crippen molar-refractivity contribution < 1.29 is 9.26 Å². The Morgan fingerprint density at radius 1 is 0.808 bits per heavy atom. The minimum absolute atomic E-state index is 0.249. The Morgan fingerprint density at radius 3 is 2.31 bits per heavy atom. The topological polar surface area (TPSA) is 48.2 Å². The van der Waals surface area contributed by atoms with Gasteiger partial charge in [0.1, 0.15) is 5.75 Å². The van der Waals surface area contributed by atoms with Gasteiger partial charge in [0.2, 0.25) is 5.82 Å². The van der Waals surface area contributed by atoms with E-state index in [2.05, 4.69) is 22.3 Å². The molecule has 128 valence electrons. The van der Waals surface area contributed by atoms with Crippen molar-refractivity contribution in [3.05, 3.63) is 90.3 Å². The van der Waals surface area contributed by atoms with Gasteiger partial charge in [0, 0.05) is 11.1 Å². The van der Waals surface area contributed by atoms with Crippen LogP contribution < -0.4 is 4.74 Å². The molecule has 0 aliphatic rings. The van der Waals surface area contributed by atoms with E-state index in [9.17, 15) is 0 Å². The molecule has 0 aliphatic carbocycles. The van der Waals surface area contributed by atoms with Gasteiger partial charge in [-0.2, -0.15) is 4.98 Å². The number of ether oxygens (including phenoxy) is 1. The second kappa shape index (κ2) is 7.23. The Morgan fingerprint density at radius 2 is 1.50 bits per heavy atom. The van der Waals surface area contributed by atoms with Crippen LogP contribution in [0.4, 0.5) is 0 Å². The Kier molecular flexibility index (Phi) is 4.48. The van der Waals surface area contributed by atoms with Crippen LogP contribution in [-0.4, -0.2) is 10.1 Å². The zero-order chi connectivity index (χ0) is 17.8. The highest BCUT2D eigenvalue weighted by Crippen LogP contribution is 2.30. The third-order valence-corrected chi connectivity index (χ3v) is 4.17. The predicted octanol–water partition coefficient (Wildman–Crippen LogP) is 5.29. The summed E-state index contributed by atoms with van der Waals surface area (Å²) in [6, 6.07) is 26.0. The molecular weight excluding hydrogens is 324 g/mol. The molecule has 4 heteroatoms. The van der Waals surface area contributed by atoms with Crippen molar-refractivity contribution in [2.75, 3.05) is 0 Å². The molecule has 0 atom stereocenters. The lowest BCUT2D eigenvalue weighted by Crippen LogP contribution is -1.99. The third kappa shape index (κ3) is 3.35. The van der Waals surface area contributed by atoms with Gasteiger partial charge in [0.15, 0.2) is 6.61 Å². The number of benzene rings is 3. The van der Waals surface area contributed by atoms with Crippen LogP contribution in [0.2, 0.25) is 0 Å². The summed E-state index contributed by atoms with van der Waals surface area (Å²) in [7, 11) is 0. The highest BCUT2D eigenvalue weighted by atomic mass is 16.5. The molecule has 26 heavy (non-hydrogen) atoms. The highest BCUT2D eigenvalue weighted by molar-refractivity contribution is 5.70. The molecule has 0 amide bonds.